The van der Waals surface area contributed by atoms with Crippen LogP contribution in [0.2, 0.25) is 0 Å². The molecule has 0 radical (unpaired) electrons. The highest BCUT2D eigenvalue weighted by atomic mass is 33.1. The van der Waals surface area contributed by atoms with Gasteiger partial charge >= 0.3 is 11.9 Å². The van der Waals surface area contributed by atoms with E-state index in [1.165, 1.54) is 4.90 Å². The van der Waals surface area contributed by atoms with E-state index in [4.69, 9.17) is 14.1 Å². The summed E-state index contributed by atoms with van der Waals surface area (Å²) >= 11 is 0. The molecule has 230 valence electrons. The second-order valence-corrected chi connectivity index (χ2v) is 13.2. The van der Waals surface area contributed by atoms with Crippen molar-refractivity contribution >= 4 is 56.9 Å². The fraction of sp³-hybridized carbons (Fsp3) is 0.586. The number of allylic oxidation sites excluding steroid dienone is 1. The number of fused-ring (bicyclic) bond motifs is 1. The van der Waals surface area contributed by atoms with Crippen molar-refractivity contribution in [1.29, 1.82) is 0 Å². The Labute approximate surface area is 254 Å². The zero-order chi connectivity index (χ0) is 30.6. The number of ether oxygens (including phenoxy) is 2. The van der Waals surface area contributed by atoms with Crippen molar-refractivity contribution in [2.24, 2.45) is 5.92 Å². The third kappa shape index (κ3) is 10.0. The van der Waals surface area contributed by atoms with Gasteiger partial charge in [0.25, 0.3) is 5.91 Å². The molecule has 11 nitrogen and oxygen atoms in total. The summed E-state index contributed by atoms with van der Waals surface area (Å²) < 4.78 is 15.7. The van der Waals surface area contributed by atoms with E-state index in [-0.39, 0.29) is 37.5 Å². The van der Waals surface area contributed by atoms with Crippen molar-refractivity contribution in [3.63, 3.8) is 0 Å². The van der Waals surface area contributed by atoms with Crippen LogP contribution < -0.4 is 0 Å². The van der Waals surface area contributed by atoms with Gasteiger partial charge < -0.3 is 19.3 Å². The molecule has 0 aliphatic heterocycles. The fourth-order valence-corrected chi connectivity index (χ4v) is 7.39. The lowest BCUT2D eigenvalue weighted by atomic mass is 9.91. The van der Waals surface area contributed by atoms with Crippen LogP contribution in [0.15, 0.2) is 33.4 Å². The van der Waals surface area contributed by atoms with Gasteiger partial charge in [0.15, 0.2) is 0 Å². The normalized spacial score (nSPS) is 17.5. The van der Waals surface area contributed by atoms with Crippen LogP contribution in [0, 0.1) is 5.92 Å². The van der Waals surface area contributed by atoms with Gasteiger partial charge in [0.05, 0.1) is 19.4 Å². The topological polar surface area (TPSA) is 132 Å². The van der Waals surface area contributed by atoms with E-state index in [0.29, 0.717) is 54.6 Å². The van der Waals surface area contributed by atoms with Gasteiger partial charge in [0.2, 0.25) is 6.41 Å². The number of hydrogen-bond donors (Lipinski definition) is 0. The minimum absolute atomic E-state index is 0.0318. The summed E-state index contributed by atoms with van der Waals surface area (Å²) in [7, 11) is 6.77. The molecule has 0 bridgehead atoms. The molecule has 13 heteroatoms. The van der Waals surface area contributed by atoms with E-state index < -0.39 is 11.9 Å². The Bertz CT molecular complexity index is 1260. The monoisotopic (exact) mass is 620 g/mol. The number of aromatic nitrogens is 2. The van der Waals surface area contributed by atoms with Gasteiger partial charge in [-0.15, -0.1) is 0 Å². The first-order valence-electron chi connectivity index (χ1n) is 14.1. The van der Waals surface area contributed by atoms with Gasteiger partial charge in [-0.25, -0.2) is 4.63 Å². The van der Waals surface area contributed by atoms with Gasteiger partial charge in [-0.1, -0.05) is 35.4 Å². The number of esters is 2. The van der Waals surface area contributed by atoms with Crippen molar-refractivity contribution in [3.05, 3.63) is 34.4 Å². The standard InChI is InChI=1S/C29H40N4O7S2/c1-19(2)17-41-42-26(20(3)32(4)18-34)14-15-38-27(35)12-13-28(36)39-23-9-7-22(8-10-23)33(5)29(37)21-6-11-24-25(16-21)31-40-30-24/h6,11,16,18-19,22-23H,7-10,12-15,17H2,1-5H3/b26-20-. The Balaban J connectivity index is 1.36. The summed E-state index contributed by atoms with van der Waals surface area (Å²) in [6, 6.07) is 5.11. The van der Waals surface area contributed by atoms with E-state index in [0.717, 1.165) is 22.8 Å². The molecule has 2 aromatic rings. The number of carbonyl (C=O) groups excluding carboxylic acids is 4. The molecule has 1 saturated carbocycles. The van der Waals surface area contributed by atoms with Gasteiger partial charge in [0.1, 0.15) is 17.1 Å². The minimum atomic E-state index is -0.462. The van der Waals surface area contributed by atoms with E-state index in [2.05, 4.69) is 24.2 Å². The highest BCUT2D eigenvalue weighted by molar-refractivity contribution is 8.78. The maximum absolute atomic E-state index is 13.0. The van der Waals surface area contributed by atoms with Crippen LogP contribution in [0.3, 0.4) is 0 Å². The number of carbonyl (C=O) groups is 4. The number of rotatable bonds is 15. The van der Waals surface area contributed by atoms with Crippen LogP contribution in [0.25, 0.3) is 11.0 Å². The lowest BCUT2D eigenvalue weighted by Gasteiger charge is -2.34. The Morgan fingerprint density at radius 2 is 1.74 bits per heavy atom. The molecule has 0 saturated heterocycles. The molecule has 0 N–H and O–H groups in total. The van der Waals surface area contributed by atoms with E-state index in [9.17, 15) is 19.2 Å². The number of benzene rings is 1. The second-order valence-electron chi connectivity index (χ2n) is 10.8. The van der Waals surface area contributed by atoms with Crippen molar-refractivity contribution in [2.75, 3.05) is 26.5 Å². The Morgan fingerprint density at radius 3 is 2.43 bits per heavy atom. The number of nitrogens with zero attached hydrogens (tertiary/aromatic N) is 4. The molecule has 2 amide bonds. The molecule has 1 fully saturated rings. The molecular weight excluding hydrogens is 580 g/mol. The van der Waals surface area contributed by atoms with Gasteiger partial charge in [-0.3, -0.25) is 19.2 Å². The van der Waals surface area contributed by atoms with Crippen LogP contribution in [-0.4, -0.2) is 83.0 Å². The predicted molar refractivity (Wildman–Crippen MR) is 162 cm³/mol. The maximum atomic E-state index is 13.0. The summed E-state index contributed by atoms with van der Waals surface area (Å²) in [4.78, 5) is 53.0. The molecule has 1 aliphatic carbocycles. The first-order chi connectivity index (χ1) is 20.1. The van der Waals surface area contributed by atoms with Crippen molar-refractivity contribution in [2.45, 2.75) is 77.9 Å². The third-order valence-corrected chi connectivity index (χ3v) is 10.1. The lowest BCUT2D eigenvalue weighted by Crippen LogP contribution is -2.41. The average molecular weight is 621 g/mol. The summed E-state index contributed by atoms with van der Waals surface area (Å²) in [5.41, 5.74) is 2.46. The van der Waals surface area contributed by atoms with Crippen molar-refractivity contribution < 1.29 is 33.3 Å². The Morgan fingerprint density at radius 1 is 1.05 bits per heavy atom. The van der Waals surface area contributed by atoms with Crippen LogP contribution in [0.4, 0.5) is 0 Å². The van der Waals surface area contributed by atoms with Gasteiger partial charge in [0, 0.05) is 48.5 Å². The first kappa shape index (κ1) is 33.4. The van der Waals surface area contributed by atoms with E-state index >= 15 is 0 Å². The second kappa shape index (κ2) is 16.5. The molecule has 1 aromatic heterocycles. The van der Waals surface area contributed by atoms with Crippen LogP contribution in [-0.2, 0) is 23.9 Å². The third-order valence-electron chi connectivity index (χ3n) is 7.09. The molecule has 0 spiro atoms. The zero-order valence-corrected chi connectivity index (χ0v) is 26.5. The largest absolute Gasteiger partial charge is 0.465 e. The van der Waals surface area contributed by atoms with Crippen molar-refractivity contribution in [3.8, 4) is 0 Å². The highest BCUT2D eigenvalue weighted by Gasteiger charge is 2.29. The SMILES string of the molecule is C/C(=C(\CCOC(=O)CCC(=O)OC1CCC(N(C)C(=O)c2ccc3nonc3c2)CC1)SSCC(C)C)N(C)C=O. The van der Waals surface area contributed by atoms with E-state index in [1.807, 2.05) is 6.92 Å². The molecule has 0 atom stereocenters. The highest BCUT2D eigenvalue weighted by Crippen LogP contribution is 2.36. The molecular formula is C29H40N4O7S2. The lowest BCUT2D eigenvalue weighted by molar-refractivity contribution is -0.155. The number of amides is 2. The summed E-state index contributed by atoms with van der Waals surface area (Å²) in [5.74, 6) is 0.496. The zero-order valence-electron chi connectivity index (χ0n) is 24.9. The number of hydrogen-bond acceptors (Lipinski definition) is 11. The van der Waals surface area contributed by atoms with Gasteiger partial charge in [-0.2, -0.15) is 0 Å². The molecule has 1 aliphatic rings. The van der Waals surface area contributed by atoms with Crippen molar-refractivity contribution in [1.82, 2.24) is 20.1 Å². The van der Waals surface area contributed by atoms with E-state index in [1.54, 1.807) is 58.8 Å². The molecule has 1 aromatic carbocycles. The van der Waals surface area contributed by atoms with Gasteiger partial charge in [-0.05, 0) is 67.0 Å². The molecule has 3 rings (SSSR count). The maximum Gasteiger partial charge on any atom is 0.306 e. The van der Waals surface area contributed by atoms with Crippen LogP contribution in [0.5, 0.6) is 0 Å². The average Bonchev–Trinajstić information content (AvgIpc) is 3.46. The summed E-state index contributed by atoms with van der Waals surface area (Å²) in [6.45, 7) is 6.32. The molecule has 42 heavy (non-hydrogen) atoms. The quantitative estimate of drug-likeness (QED) is 0.147. The minimum Gasteiger partial charge on any atom is -0.465 e. The summed E-state index contributed by atoms with van der Waals surface area (Å²) in [5, 5.41) is 7.56. The smallest absolute Gasteiger partial charge is 0.306 e. The van der Waals surface area contributed by atoms with Crippen LogP contribution in [0.1, 0.15) is 76.1 Å². The Hall–Kier alpha value is -3.06. The first-order valence-corrected chi connectivity index (χ1v) is 16.4. The molecule has 0 unspecified atom stereocenters. The fourth-order valence-electron chi connectivity index (χ4n) is 4.41. The van der Waals surface area contributed by atoms with Crippen LogP contribution >= 0.6 is 21.6 Å². The predicted octanol–water partition coefficient (Wildman–Crippen LogP) is 5.22. The molecule has 1 heterocycles. The Kier molecular flexibility index (Phi) is 13.2. The summed E-state index contributed by atoms with van der Waals surface area (Å²) in [6.07, 6.45) is 3.59.